The van der Waals surface area contributed by atoms with Crippen molar-refractivity contribution in [2.24, 2.45) is 0 Å². The van der Waals surface area contributed by atoms with E-state index in [4.69, 9.17) is 4.74 Å². The number of hydrogen-bond donors (Lipinski definition) is 1. The Hall–Kier alpha value is -0.780. The topological polar surface area (TPSA) is 56.2 Å². The summed E-state index contributed by atoms with van der Waals surface area (Å²) in [6.45, 7) is 3.84. The smallest absolute Gasteiger partial charge is 0.308 e. The molecule has 7 heteroatoms. The number of rotatable bonds is 4. The highest BCUT2D eigenvalue weighted by Gasteiger charge is 2.40. The molecule has 1 aromatic heterocycles. The summed E-state index contributed by atoms with van der Waals surface area (Å²) in [7, 11) is 0. The second-order valence-electron chi connectivity index (χ2n) is 3.78. The molecule has 0 aliphatic carbocycles. The predicted octanol–water partition coefficient (Wildman–Crippen LogP) is 0.978. The van der Waals surface area contributed by atoms with Crippen LogP contribution >= 0.6 is 24.8 Å². The van der Waals surface area contributed by atoms with Crippen molar-refractivity contribution in [1.82, 2.24) is 14.9 Å². The fourth-order valence-corrected chi connectivity index (χ4v) is 1.83. The molecule has 5 nitrogen and oxygen atoms in total. The van der Waals surface area contributed by atoms with Crippen LogP contribution in [0.5, 0.6) is 0 Å². The first-order valence-corrected chi connectivity index (χ1v) is 5.12. The molecule has 1 N–H and O–H groups in total. The molecule has 1 fully saturated rings. The number of esters is 1. The molecule has 0 atom stereocenters. The largest absolute Gasteiger partial charge is 0.466 e. The van der Waals surface area contributed by atoms with E-state index < -0.39 is 0 Å². The number of carbonyl (C=O) groups excluding carboxylic acids is 1. The van der Waals surface area contributed by atoms with Crippen LogP contribution in [0.2, 0.25) is 0 Å². The first-order chi connectivity index (χ1) is 7.27. The minimum Gasteiger partial charge on any atom is -0.466 e. The molecule has 0 radical (unpaired) electrons. The van der Waals surface area contributed by atoms with Crippen LogP contribution in [0, 0.1) is 0 Å². The average Bonchev–Trinajstić information content (AvgIpc) is 2.64. The fraction of sp³-hybridized carbons (Fsp3) is 0.600. The minimum absolute atomic E-state index is 0. The molecule has 1 aliphatic rings. The van der Waals surface area contributed by atoms with Gasteiger partial charge in [0, 0.05) is 25.5 Å². The van der Waals surface area contributed by atoms with E-state index >= 15 is 0 Å². The van der Waals surface area contributed by atoms with Gasteiger partial charge >= 0.3 is 5.97 Å². The van der Waals surface area contributed by atoms with Crippen molar-refractivity contribution in [3.63, 3.8) is 0 Å². The van der Waals surface area contributed by atoms with Gasteiger partial charge in [-0.15, -0.1) is 24.8 Å². The van der Waals surface area contributed by atoms with Crippen LogP contribution in [-0.2, 0) is 15.1 Å². The quantitative estimate of drug-likeness (QED) is 0.836. The molecule has 1 aliphatic heterocycles. The monoisotopic (exact) mass is 281 g/mol. The molecular weight excluding hydrogens is 265 g/mol. The molecule has 1 aromatic rings. The normalized spacial score (nSPS) is 16.1. The molecule has 0 spiro atoms. The summed E-state index contributed by atoms with van der Waals surface area (Å²) >= 11 is 0. The summed E-state index contributed by atoms with van der Waals surface area (Å²) < 4.78 is 6.96. The zero-order valence-corrected chi connectivity index (χ0v) is 11.2. The summed E-state index contributed by atoms with van der Waals surface area (Å²) in [5.74, 6) is -0.146. The summed E-state index contributed by atoms with van der Waals surface area (Å²) in [6, 6.07) is 0. The standard InChI is InChI=1S/C10H15N3O2.2ClH/c1-2-15-9(14)5-10(6-12-7-10)13-4-3-11-8-13;;/h3-4,8,12H,2,5-7H2,1H3;2*1H. The van der Waals surface area contributed by atoms with Crippen LogP contribution in [0.4, 0.5) is 0 Å². The van der Waals surface area contributed by atoms with Gasteiger partial charge in [-0.3, -0.25) is 4.79 Å². The Balaban J connectivity index is 0.00000128. The average molecular weight is 282 g/mol. The Morgan fingerprint density at radius 3 is 2.65 bits per heavy atom. The van der Waals surface area contributed by atoms with Crippen LogP contribution in [-0.4, -0.2) is 35.2 Å². The number of nitrogens with one attached hydrogen (secondary N) is 1. The van der Waals surface area contributed by atoms with Crippen molar-refractivity contribution in [2.45, 2.75) is 18.9 Å². The second kappa shape index (κ2) is 6.83. The van der Waals surface area contributed by atoms with Crippen molar-refractivity contribution in [2.75, 3.05) is 19.7 Å². The number of ether oxygens (including phenoxy) is 1. The van der Waals surface area contributed by atoms with Crippen LogP contribution in [0.15, 0.2) is 18.7 Å². The third kappa shape index (κ3) is 3.34. The Kier molecular flexibility index (Phi) is 6.52. The van der Waals surface area contributed by atoms with E-state index in [9.17, 15) is 4.79 Å². The maximum Gasteiger partial charge on any atom is 0.308 e. The van der Waals surface area contributed by atoms with Gasteiger partial charge < -0.3 is 14.6 Å². The van der Waals surface area contributed by atoms with E-state index in [2.05, 4.69) is 10.3 Å². The van der Waals surface area contributed by atoms with E-state index in [1.165, 1.54) is 0 Å². The minimum atomic E-state index is -0.164. The number of aromatic nitrogens is 2. The zero-order chi connectivity index (χ0) is 10.7. The molecular formula is C10H17Cl2N3O2. The maximum atomic E-state index is 11.5. The van der Waals surface area contributed by atoms with Crippen molar-refractivity contribution in [3.05, 3.63) is 18.7 Å². The van der Waals surface area contributed by atoms with Gasteiger partial charge in [-0.05, 0) is 6.92 Å². The van der Waals surface area contributed by atoms with Crippen LogP contribution in [0.3, 0.4) is 0 Å². The van der Waals surface area contributed by atoms with Gasteiger partial charge in [-0.1, -0.05) is 0 Å². The van der Waals surface area contributed by atoms with Gasteiger partial charge in [0.2, 0.25) is 0 Å². The number of nitrogens with zero attached hydrogens (tertiary/aromatic N) is 2. The molecule has 1 saturated heterocycles. The van der Waals surface area contributed by atoms with Crippen molar-refractivity contribution >= 4 is 30.8 Å². The molecule has 0 aromatic carbocycles. The van der Waals surface area contributed by atoms with E-state index in [-0.39, 0.29) is 36.3 Å². The molecule has 2 heterocycles. The fourth-order valence-electron chi connectivity index (χ4n) is 1.83. The molecule has 0 amide bonds. The Labute approximate surface area is 113 Å². The predicted molar refractivity (Wildman–Crippen MR) is 68.8 cm³/mol. The lowest BCUT2D eigenvalue weighted by Gasteiger charge is -2.42. The molecule has 0 unspecified atom stereocenters. The molecule has 0 saturated carbocycles. The first kappa shape index (κ1) is 16.2. The summed E-state index contributed by atoms with van der Waals surface area (Å²) in [6.07, 6.45) is 5.77. The van der Waals surface area contributed by atoms with Gasteiger partial charge in [0.25, 0.3) is 0 Å². The van der Waals surface area contributed by atoms with E-state index in [1.54, 1.807) is 12.5 Å². The van der Waals surface area contributed by atoms with Crippen molar-refractivity contribution < 1.29 is 9.53 Å². The third-order valence-electron chi connectivity index (χ3n) is 2.74. The zero-order valence-electron chi connectivity index (χ0n) is 9.59. The first-order valence-electron chi connectivity index (χ1n) is 5.12. The lowest BCUT2D eigenvalue weighted by atomic mass is 9.88. The van der Waals surface area contributed by atoms with E-state index in [0.29, 0.717) is 13.0 Å². The Bertz CT molecular complexity index is 339. The third-order valence-corrected chi connectivity index (χ3v) is 2.74. The van der Waals surface area contributed by atoms with Crippen LogP contribution in [0.25, 0.3) is 0 Å². The van der Waals surface area contributed by atoms with Gasteiger partial charge in [0.1, 0.15) is 0 Å². The lowest BCUT2D eigenvalue weighted by molar-refractivity contribution is -0.146. The molecule has 17 heavy (non-hydrogen) atoms. The molecule has 98 valence electrons. The lowest BCUT2D eigenvalue weighted by Crippen LogP contribution is -2.61. The van der Waals surface area contributed by atoms with Gasteiger partial charge in [0.05, 0.1) is 24.9 Å². The Morgan fingerprint density at radius 2 is 2.24 bits per heavy atom. The number of halogens is 2. The van der Waals surface area contributed by atoms with E-state index in [0.717, 1.165) is 13.1 Å². The number of imidazole rings is 1. The summed E-state index contributed by atoms with van der Waals surface area (Å²) in [5, 5.41) is 3.18. The summed E-state index contributed by atoms with van der Waals surface area (Å²) in [4.78, 5) is 15.5. The van der Waals surface area contributed by atoms with Crippen molar-refractivity contribution in [3.8, 4) is 0 Å². The highest BCUT2D eigenvalue weighted by atomic mass is 35.5. The maximum absolute atomic E-state index is 11.5. The van der Waals surface area contributed by atoms with Crippen LogP contribution < -0.4 is 5.32 Å². The van der Waals surface area contributed by atoms with Crippen LogP contribution in [0.1, 0.15) is 13.3 Å². The van der Waals surface area contributed by atoms with E-state index in [1.807, 2.05) is 17.7 Å². The van der Waals surface area contributed by atoms with Gasteiger partial charge in [-0.2, -0.15) is 0 Å². The molecule has 0 bridgehead atoms. The number of carbonyl (C=O) groups is 1. The van der Waals surface area contributed by atoms with Gasteiger partial charge in [-0.25, -0.2) is 4.98 Å². The molecule has 2 rings (SSSR count). The number of hydrogen-bond acceptors (Lipinski definition) is 4. The SMILES string of the molecule is CCOC(=O)CC1(n2ccnc2)CNC1.Cl.Cl. The van der Waals surface area contributed by atoms with Gasteiger partial charge in [0.15, 0.2) is 0 Å². The highest BCUT2D eigenvalue weighted by Crippen LogP contribution is 2.25. The van der Waals surface area contributed by atoms with Crippen molar-refractivity contribution in [1.29, 1.82) is 0 Å². The highest BCUT2D eigenvalue weighted by molar-refractivity contribution is 5.85. The summed E-state index contributed by atoms with van der Waals surface area (Å²) in [5.41, 5.74) is -0.164. The second-order valence-corrected chi connectivity index (χ2v) is 3.78. The Morgan fingerprint density at radius 1 is 1.53 bits per heavy atom.